The predicted octanol–water partition coefficient (Wildman–Crippen LogP) is 1.71. The Balaban J connectivity index is 1.38. The molecule has 0 aliphatic carbocycles. The maximum absolute atomic E-state index is 12.5. The van der Waals surface area contributed by atoms with E-state index in [2.05, 4.69) is 45.2 Å². The number of aryl methyl sites for hydroxylation is 2. The van der Waals surface area contributed by atoms with Gasteiger partial charge in [0.15, 0.2) is 11.2 Å². The Hall–Kier alpha value is -4.47. The second-order valence-corrected chi connectivity index (χ2v) is 8.08. The number of imidazole rings is 1. The highest BCUT2D eigenvalue weighted by molar-refractivity contribution is 6.09. The fourth-order valence-corrected chi connectivity index (χ4v) is 4.38. The highest BCUT2D eigenvalue weighted by Gasteiger charge is 2.16. The van der Waals surface area contributed by atoms with Gasteiger partial charge in [-0.25, -0.2) is 15.2 Å². The summed E-state index contributed by atoms with van der Waals surface area (Å²) < 4.78 is 5.94. The molecule has 10 heteroatoms. The lowest BCUT2D eigenvalue weighted by molar-refractivity contribution is -0.121. The van der Waals surface area contributed by atoms with Crippen LogP contribution in [-0.2, 0) is 32.0 Å². The van der Waals surface area contributed by atoms with Gasteiger partial charge in [-0.3, -0.25) is 18.7 Å². The lowest BCUT2D eigenvalue weighted by atomic mass is 10.1. The van der Waals surface area contributed by atoms with Crippen LogP contribution in [0.4, 0.5) is 0 Å². The van der Waals surface area contributed by atoms with Crippen LogP contribution >= 0.6 is 0 Å². The SMILES string of the molecule is CCn1c2ccccc2c2cc(C=NNC(=O)Cn3cnc4c3c(=O)n(C)c(=O)n4C)ccc21. The van der Waals surface area contributed by atoms with Crippen molar-refractivity contribution in [2.75, 3.05) is 0 Å². The second kappa shape index (κ2) is 8.14. The summed E-state index contributed by atoms with van der Waals surface area (Å²) in [5, 5.41) is 6.38. The van der Waals surface area contributed by atoms with Crippen LogP contribution in [0.3, 0.4) is 0 Å². The zero-order chi connectivity index (χ0) is 24.0. The third-order valence-corrected chi connectivity index (χ3v) is 6.05. The van der Waals surface area contributed by atoms with E-state index in [0.29, 0.717) is 0 Å². The number of benzene rings is 2. The van der Waals surface area contributed by atoms with E-state index < -0.39 is 17.2 Å². The van der Waals surface area contributed by atoms with Crippen molar-refractivity contribution in [1.82, 2.24) is 28.7 Å². The van der Waals surface area contributed by atoms with Gasteiger partial charge in [0.05, 0.1) is 12.5 Å². The number of aromatic nitrogens is 5. The van der Waals surface area contributed by atoms with Crippen LogP contribution in [0.25, 0.3) is 33.0 Å². The summed E-state index contributed by atoms with van der Waals surface area (Å²) in [7, 11) is 2.92. The highest BCUT2D eigenvalue weighted by atomic mass is 16.2. The molecule has 3 aromatic heterocycles. The minimum atomic E-state index is -0.508. The maximum atomic E-state index is 12.5. The quantitative estimate of drug-likeness (QED) is 0.320. The zero-order valence-corrected chi connectivity index (χ0v) is 19.0. The number of carbonyl (C=O) groups is 1. The van der Waals surface area contributed by atoms with Gasteiger partial charge < -0.3 is 9.13 Å². The second-order valence-electron chi connectivity index (χ2n) is 8.08. The van der Waals surface area contributed by atoms with Gasteiger partial charge in [0.1, 0.15) is 6.54 Å². The molecule has 0 unspecified atom stereocenters. The molecule has 0 saturated heterocycles. The fraction of sp³-hybridized carbons (Fsp3) is 0.208. The average molecular weight is 457 g/mol. The van der Waals surface area contributed by atoms with E-state index in [4.69, 9.17) is 0 Å². The zero-order valence-electron chi connectivity index (χ0n) is 19.0. The molecule has 0 saturated carbocycles. The van der Waals surface area contributed by atoms with Crippen molar-refractivity contribution < 1.29 is 4.79 Å². The number of amides is 1. The Morgan fingerprint density at radius 3 is 2.62 bits per heavy atom. The number of nitrogens with zero attached hydrogens (tertiary/aromatic N) is 6. The standard InChI is InChI=1S/C24H23N7O3/c1-4-31-18-8-6-5-7-16(18)17-11-15(9-10-19(17)31)12-26-27-20(32)13-30-14-25-22-21(30)23(33)29(3)24(34)28(22)2/h5-12,14H,4,13H2,1-3H3,(H,27,32). The van der Waals surface area contributed by atoms with Crippen LogP contribution in [0.2, 0.25) is 0 Å². The summed E-state index contributed by atoms with van der Waals surface area (Å²) in [6.07, 6.45) is 2.95. The van der Waals surface area contributed by atoms with Crippen LogP contribution in [0.15, 0.2) is 63.5 Å². The molecule has 0 aliphatic rings. The molecule has 0 aliphatic heterocycles. The minimum absolute atomic E-state index is 0.162. The molecule has 1 amide bonds. The Morgan fingerprint density at radius 2 is 1.82 bits per heavy atom. The molecule has 0 atom stereocenters. The van der Waals surface area contributed by atoms with Crippen molar-refractivity contribution >= 4 is 45.1 Å². The summed E-state index contributed by atoms with van der Waals surface area (Å²) in [5.74, 6) is -0.421. The Bertz CT molecular complexity index is 1730. The van der Waals surface area contributed by atoms with E-state index in [-0.39, 0.29) is 17.7 Å². The van der Waals surface area contributed by atoms with Crippen molar-refractivity contribution in [3.63, 3.8) is 0 Å². The lowest BCUT2D eigenvalue weighted by Gasteiger charge is -2.06. The van der Waals surface area contributed by atoms with Crippen LogP contribution < -0.4 is 16.7 Å². The van der Waals surface area contributed by atoms with E-state index in [1.54, 1.807) is 6.21 Å². The molecular formula is C24H23N7O3. The number of rotatable bonds is 5. The summed E-state index contributed by atoms with van der Waals surface area (Å²) in [6.45, 7) is 2.83. The van der Waals surface area contributed by atoms with E-state index in [1.165, 1.54) is 40.5 Å². The fourth-order valence-electron chi connectivity index (χ4n) is 4.38. The third-order valence-electron chi connectivity index (χ3n) is 6.05. The summed E-state index contributed by atoms with van der Waals surface area (Å²) in [4.78, 5) is 41.2. The van der Waals surface area contributed by atoms with Gasteiger partial charge in [-0.05, 0) is 30.7 Å². The Labute approximate surface area is 193 Å². The van der Waals surface area contributed by atoms with E-state index in [0.717, 1.165) is 27.6 Å². The first-order valence-corrected chi connectivity index (χ1v) is 10.8. The largest absolute Gasteiger partial charge is 0.341 e. The first-order valence-electron chi connectivity index (χ1n) is 10.8. The molecule has 0 fully saturated rings. The number of carbonyl (C=O) groups excluding carboxylic acids is 1. The first-order chi connectivity index (χ1) is 16.4. The average Bonchev–Trinajstić information content (AvgIpc) is 3.40. The van der Waals surface area contributed by atoms with E-state index in [1.807, 2.05) is 24.3 Å². The van der Waals surface area contributed by atoms with Crippen molar-refractivity contribution in [2.45, 2.75) is 20.0 Å². The summed E-state index contributed by atoms with van der Waals surface area (Å²) >= 11 is 0. The molecule has 5 aromatic rings. The van der Waals surface area contributed by atoms with Gasteiger partial charge >= 0.3 is 5.69 Å². The molecule has 0 radical (unpaired) electrons. The van der Waals surface area contributed by atoms with E-state index in [9.17, 15) is 14.4 Å². The normalized spacial score (nSPS) is 11.9. The van der Waals surface area contributed by atoms with Crippen molar-refractivity contribution in [3.05, 3.63) is 75.2 Å². The molecule has 2 aromatic carbocycles. The van der Waals surface area contributed by atoms with Gasteiger partial charge in [-0.15, -0.1) is 0 Å². The molecule has 1 N–H and O–H groups in total. The molecule has 0 spiro atoms. The van der Waals surface area contributed by atoms with Gasteiger partial charge in [0.2, 0.25) is 0 Å². The number of hydrazone groups is 1. The minimum Gasteiger partial charge on any atom is -0.341 e. The van der Waals surface area contributed by atoms with Crippen molar-refractivity contribution in [2.24, 2.45) is 19.2 Å². The highest BCUT2D eigenvalue weighted by Crippen LogP contribution is 2.29. The van der Waals surface area contributed by atoms with Crippen LogP contribution in [0.5, 0.6) is 0 Å². The van der Waals surface area contributed by atoms with Gasteiger partial charge in [0, 0.05) is 42.4 Å². The number of hydrogen-bond acceptors (Lipinski definition) is 5. The summed E-state index contributed by atoms with van der Waals surface area (Å²) in [6, 6.07) is 14.3. The van der Waals surface area contributed by atoms with Gasteiger partial charge in [0.25, 0.3) is 11.5 Å². The van der Waals surface area contributed by atoms with Crippen molar-refractivity contribution in [1.29, 1.82) is 0 Å². The number of hydrogen-bond donors (Lipinski definition) is 1. The number of nitrogens with one attached hydrogen (secondary N) is 1. The van der Waals surface area contributed by atoms with Gasteiger partial charge in [-0.1, -0.05) is 24.3 Å². The first kappa shape index (κ1) is 21.4. The Morgan fingerprint density at radius 1 is 1.06 bits per heavy atom. The van der Waals surface area contributed by atoms with Crippen LogP contribution in [-0.4, -0.2) is 35.4 Å². The number of fused-ring (bicyclic) bond motifs is 4. The van der Waals surface area contributed by atoms with Gasteiger partial charge in [-0.2, -0.15) is 5.10 Å². The monoisotopic (exact) mass is 457 g/mol. The molecule has 3 heterocycles. The molecule has 0 bridgehead atoms. The molecule has 172 valence electrons. The van der Waals surface area contributed by atoms with Crippen LogP contribution in [0.1, 0.15) is 12.5 Å². The topological polar surface area (TPSA) is 108 Å². The number of para-hydroxylation sites is 1. The smallest absolute Gasteiger partial charge is 0.332 e. The molecule has 34 heavy (non-hydrogen) atoms. The van der Waals surface area contributed by atoms with Crippen molar-refractivity contribution in [3.8, 4) is 0 Å². The molecular weight excluding hydrogens is 434 g/mol. The summed E-state index contributed by atoms with van der Waals surface area (Å²) in [5.41, 5.74) is 5.10. The lowest BCUT2D eigenvalue weighted by Crippen LogP contribution is -2.38. The molecule has 10 nitrogen and oxygen atoms in total. The molecule has 5 rings (SSSR count). The van der Waals surface area contributed by atoms with E-state index >= 15 is 0 Å². The van der Waals surface area contributed by atoms with Crippen LogP contribution in [0, 0.1) is 0 Å². The third kappa shape index (κ3) is 3.31. The Kier molecular flexibility index (Phi) is 5.12. The maximum Gasteiger partial charge on any atom is 0.332 e. The predicted molar refractivity (Wildman–Crippen MR) is 131 cm³/mol.